The smallest absolute Gasteiger partial charge is 0.258 e. The normalized spacial score (nSPS) is 11.7. The lowest BCUT2D eigenvalue weighted by molar-refractivity contribution is -0.123. The second kappa shape index (κ2) is 7.46. The Kier molecular flexibility index (Phi) is 4.91. The van der Waals surface area contributed by atoms with Crippen molar-refractivity contribution in [3.8, 4) is 11.4 Å². The Balaban J connectivity index is 1.61. The van der Waals surface area contributed by atoms with Crippen LogP contribution in [0.5, 0.6) is 5.75 Å². The van der Waals surface area contributed by atoms with E-state index >= 15 is 0 Å². The van der Waals surface area contributed by atoms with Gasteiger partial charge in [-0.1, -0.05) is 42.5 Å². The summed E-state index contributed by atoms with van der Waals surface area (Å²) in [6, 6.07) is 17.3. The van der Waals surface area contributed by atoms with Gasteiger partial charge in [0.05, 0.1) is 18.1 Å². The zero-order valence-corrected chi connectivity index (χ0v) is 13.4. The molecule has 0 aliphatic carbocycles. The van der Waals surface area contributed by atoms with Crippen molar-refractivity contribution in [1.82, 2.24) is 14.9 Å². The van der Waals surface area contributed by atoms with Gasteiger partial charge in [0, 0.05) is 12.4 Å². The molecule has 1 aromatic heterocycles. The van der Waals surface area contributed by atoms with Gasteiger partial charge in [0.1, 0.15) is 5.75 Å². The van der Waals surface area contributed by atoms with E-state index in [2.05, 4.69) is 10.3 Å². The first-order valence-electron chi connectivity index (χ1n) is 7.78. The van der Waals surface area contributed by atoms with Crippen LogP contribution in [0.15, 0.2) is 73.3 Å². The van der Waals surface area contributed by atoms with Gasteiger partial charge in [-0.2, -0.15) is 0 Å². The summed E-state index contributed by atoms with van der Waals surface area (Å²) in [5.41, 5.74) is 1.91. The zero-order valence-electron chi connectivity index (χ0n) is 13.4. The second-order valence-electron chi connectivity index (χ2n) is 5.43. The van der Waals surface area contributed by atoms with E-state index in [-0.39, 0.29) is 18.6 Å². The third-order valence-electron chi connectivity index (χ3n) is 3.68. The number of carbonyl (C=O) groups is 1. The summed E-state index contributed by atoms with van der Waals surface area (Å²) >= 11 is 0. The van der Waals surface area contributed by atoms with E-state index in [1.165, 1.54) is 0 Å². The first-order chi connectivity index (χ1) is 11.7. The van der Waals surface area contributed by atoms with E-state index in [9.17, 15) is 4.79 Å². The molecule has 3 aromatic rings. The van der Waals surface area contributed by atoms with Crippen LogP contribution >= 0.6 is 0 Å². The second-order valence-corrected chi connectivity index (χ2v) is 5.43. The number of aromatic nitrogens is 2. The first-order valence-corrected chi connectivity index (χ1v) is 7.78. The van der Waals surface area contributed by atoms with Crippen molar-refractivity contribution < 1.29 is 9.53 Å². The summed E-state index contributed by atoms with van der Waals surface area (Å²) in [5, 5.41) is 2.94. The number of amides is 1. The fourth-order valence-corrected chi connectivity index (χ4v) is 2.45. The van der Waals surface area contributed by atoms with Crippen molar-refractivity contribution in [2.24, 2.45) is 0 Å². The maximum Gasteiger partial charge on any atom is 0.258 e. The fraction of sp³-hybridized carbons (Fsp3) is 0.158. The Morgan fingerprint density at radius 3 is 2.67 bits per heavy atom. The van der Waals surface area contributed by atoms with Crippen LogP contribution in [0.1, 0.15) is 18.5 Å². The molecule has 0 aliphatic heterocycles. The number of nitrogens with one attached hydrogen (secondary N) is 1. The molecule has 0 radical (unpaired) electrons. The standard InChI is InChI=1S/C19H19N3O2/c1-15(16-7-3-2-4-8-16)21-19(23)13-24-18-10-6-5-9-17(18)22-12-11-20-14-22/h2-12,14-15H,13H2,1H3,(H,21,23)/t15-/m1/s1. The highest BCUT2D eigenvalue weighted by Crippen LogP contribution is 2.22. The quantitative estimate of drug-likeness (QED) is 0.759. The van der Waals surface area contributed by atoms with Crippen LogP contribution in [0.25, 0.3) is 5.69 Å². The van der Waals surface area contributed by atoms with Crippen molar-refractivity contribution >= 4 is 5.91 Å². The summed E-state index contributed by atoms with van der Waals surface area (Å²) in [4.78, 5) is 16.2. The van der Waals surface area contributed by atoms with Gasteiger partial charge in [-0.15, -0.1) is 0 Å². The maximum atomic E-state index is 12.1. The molecule has 0 aliphatic rings. The first kappa shape index (κ1) is 15.8. The number of rotatable bonds is 6. The molecule has 0 spiro atoms. The van der Waals surface area contributed by atoms with Gasteiger partial charge in [0.15, 0.2) is 6.61 Å². The summed E-state index contributed by atoms with van der Waals surface area (Å²) in [6.07, 6.45) is 5.23. The van der Waals surface area contributed by atoms with Gasteiger partial charge < -0.3 is 14.6 Å². The molecule has 0 unspecified atom stereocenters. The average molecular weight is 321 g/mol. The van der Waals surface area contributed by atoms with Gasteiger partial charge in [-0.05, 0) is 24.6 Å². The molecule has 2 aromatic carbocycles. The topological polar surface area (TPSA) is 56.1 Å². The van der Waals surface area contributed by atoms with Crippen LogP contribution in [-0.2, 0) is 4.79 Å². The number of ether oxygens (including phenoxy) is 1. The van der Waals surface area contributed by atoms with E-state index in [1.807, 2.05) is 72.3 Å². The Hall–Kier alpha value is -3.08. The monoisotopic (exact) mass is 321 g/mol. The summed E-state index contributed by atoms with van der Waals surface area (Å²) in [5.74, 6) is 0.477. The molecule has 1 N–H and O–H groups in total. The SMILES string of the molecule is C[C@@H](NC(=O)COc1ccccc1-n1ccnc1)c1ccccc1. The number of imidazole rings is 1. The van der Waals surface area contributed by atoms with Gasteiger partial charge >= 0.3 is 0 Å². The molecular weight excluding hydrogens is 302 g/mol. The number of hydrogen-bond donors (Lipinski definition) is 1. The van der Waals surface area contributed by atoms with Crippen LogP contribution < -0.4 is 10.1 Å². The number of hydrogen-bond acceptors (Lipinski definition) is 3. The molecule has 5 heteroatoms. The van der Waals surface area contributed by atoms with Gasteiger partial charge in [0.2, 0.25) is 0 Å². The number of carbonyl (C=O) groups excluding carboxylic acids is 1. The van der Waals surface area contributed by atoms with Crippen molar-refractivity contribution in [3.05, 3.63) is 78.9 Å². The lowest BCUT2D eigenvalue weighted by Gasteiger charge is -2.15. The van der Waals surface area contributed by atoms with Crippen molar-refractivity contribution in [2.75, 3.05) is 6.61 Å². The van der Waals surface area contributed by atoms with Crippen molar-refractivity contribution in [2.45, 2.75) is 13.0 Å². The Morgan fingerprint density at radius 1 is 1.17 bits per heavy atom. The Morgan fingerprint density at radius 2 is 1.92 bits per heavy atom. The summed E-state index contributed by atoms with van der Waals surface area (Å²) in [7, 11) is 0. The number of nitrogens with zero attached hydrogens (tertiary/aromatic N) is 2. The van der Waals surface area contributed by atoms with E-state index < -0.39 is 0 Å². The third kappa shape index (κ3) is 3.81. The minimum absolute atomic E-state index is 0.0388. The lowest BCUT2D eigenvalue weighted by Crippen LogP contribution is -2.31. The Labute approximate surface area is 140 Å². The van der Waals surface area contributed by atoms with Gasteiger partial charge in [0.25, 0.3) is 5.91 Å². The average Bonchev–Trinajstić information content (AvgIpc) is 3.15. The molecule has 0 saturated heterocycles. The van der Waals surface area contributed by atoms with Crippen LogP contribution in [0, 0.1) is 0 Å². The number of para-hydroxylation sites is 2. The van der Waals surface area contributed by atoms with Crippen molar-refractivity contribution in [1.29, 1.82) is 0 Å². The third-order valence-corrected chi connectivity index (χ3v) is 3.68. The molecular formula is C19H19N3O2. The van der Waals surface area contributed by atoms with E-state index in [4.69, 9.17) is 4.74 Å². The molecule has 0 bridgehead atoms. The molecule has 0 saturated carbocycles. The predicted molar refractivity (Wildman–Crippen MR) is 92.1 cm³/mol. The van der Waals surface area contributed by atoms with Gasteiger partial charge in [-0.25, -0.2) is 4.98 Å². The van der Waals surface area contributed by atoms with Gasteiger partial charge in [-0.3, -0.25) is 4.79 Å². The van der Waals surface area contributed by atoms with E-state index in [0.717, 1.165) is 11.3 Å². The Bertz CT molecular complexity index is 785. The molecule has 122 valence electrons. The highest BCUT2D eigenvalue weighted by molar-refractivity contribution is 5.78. The molecule has 5 nitrogen and oxygen atoms in total. The van der Waals surface area contributed by atoms with Crippen LogP contribution in [0.4, 0.5) is 0 Å². The highest BCUT2D eigenvalue weighted by atomic mass is 16.5. The summed E-state index contributed by atoms with van der Waals surface area (Å²) < 4.78 is 7.55. The fourth-order valence-electron chi connectivity index (χ4n) is 2.45. The van der Waals surface area contributed by atoms with Crippen LogP contribution in [0.3, 0.4) is 0 Å². The van der Waals surface area contributed by atoms with E-state index in [0.29, 0.717) is 5.75 Å². The molecule has 1 heterocycles. The molecule has 3 rings (SSSR count). The molecule has 1 atom stereocenters. The number of benzene rings is 2. The lowest BCUT2D eigenvalue weighted by atomic mass is 10.1. The minimum atomic E-state index is -0.160. The molecule has 1 amide bonds. The molecule has 24 heavy (non-hydrogen) atoms. The van der Waals surface area contributed by atoms with Crippen LogP contribution in [0.2, 0.25) is 0 Å². The van der Waals surface area contributed by atoms with E-state index in [1.54, 1.807) is 12.5 Å². The van der Waals surface area contributed by atoms with Crippen molar-refractivity contribution in [3.63, 3.8) is 0 Å². The zero-order chi connectivity index (χ0) is 16.8. The summed E-state index contributed by atoms with van der Waals surface area (Å²) in [6.45, 7) is 1.91. The maximum absolute atomic E-state index is 12.1. The predicted octanol–water partition coefficient (Wildman–Crippen LogP) is 3.13. The highest BCUT2D eigenvalue weighted by Gasteiger charge is 2.11. The minimum Gasteiger partial charge on any atom is -0.482 e. The molecule has 0 fully saturated rings. The van der Waals surface area contributed by atoms with Crippen LogP contribution in [-0.4, -0.2) is 22.1 Å². The largest absolute Gasteiger partial charge is 0.482 e.